The van der Waals surface area contributed by atoms with E-state index in [-0.39, 0.29) is 23.0 Å². The first-order valence-corrected chi connectivity index (χ1v) is 13.9. The Bertz CT molecular complexity index is 1530. The number of hydrogen-bond donors (Lipinski definition) is 2. The van der Waals surface area contributed by atoms with Crippen LogP contribution in [0, 0.1) is 0 Å². The fourth-order valence-corrected chi connectivity index (χ4v) is 4.54. The molecule has 9 nitrogen and oxygen atoms in total. The molecule has 11 heteroatoms. The van der Waals surface area contributed by atoms with Gasteiger partial charge >= 0.3 is 5.97 Å². The molecule has 0 aliphatic heterocycles. The molecule has 0 atom stereocenters. The molecule has 0 unspecified atom stereocenters. The second-order valence-electron chi connectivity index (χ2n) is 7.86. The Morgan fingerprint density at radius 1 is 1.03 bits per heavy atom. The monoisotopic (exact) mass is 537 g/mol. The molecule has 1 aromatic heterocycles. The van der Waals surface area contributed by atoms with Crippen molar-refractivity contribution in [2.75, 3.05) is 18.6 Å². The average molecular weight is 538 g/mol. The van der Waals surface area contributed by atoms with Crippen LogP contribution in [-0.2, 0) is 19.4 Å². The van der Waals surface area contributed by atoms with Gasteiger partial charge in [0.1, 0.15) is 6.61 Å². The van der Waals surface area contributed by atoms with E-state index in [1.165, 1.54) is 48.2 Å². The third kappa shape index (κ3) is 6.78. The number of aromatic hydroxyl groups is 2. The molecule has 0 bridgehead atoms. The molecule has 0 saturated carbocycles. The number of nitrogens with zero attached hydrogens (tertiary/aromatic N) is 3. The second-order valence-corrected chi connectivity index (χ2v) is 10.9. The van der Waals surface area contributed by atoms with Crippen molar-refractivity contribution in [1.82, 2.24) is 14.8 Å². The number of thioether (sulfide) groups is 1. The largest absolute Gasteiger partial charge is 0.504 e. The van der Waals surface area contributed by atoms with Crippen molar-refractivity contribution in [3.05, 3.63) is 84.4 Å². The lowest BCUT2D eigenvalue weighted by Gasteiger charge is -2.06. The summed E-state index contributed by atoms with van der Waals surface area (Å²) in [5.74, 6) is -0.118. The summed E-state index contributed by atoms with van der Waals surface area (Å²) in [7, 11) is -3.32. The smallest absolute Gasteiger partial charge is 0.330 e. The Morgan fingerprint density at radius 3 is 2.43 bits per heavy atom. The van der Waals surface area contributed by atoms with E-state index in [2.05, 4.69) is 10.1 Å². The number of sulfone groups is 1. The minimum atomic E-state index is -3.32. The average Bonchev–Trinajstić information content (AvgIpc) is 3.32. The van der Waals surface area contributed by atoms with Gasteiger partial charge in [0.05, 0.1) is 10.6 Å². The standard InChI is InChI=1S/C26H23N3O6S2/c1-37(33,34)21-11-9-19(10-12-21)25-27-26(28-29(25)20-5-3-2-4-6-20)36-16-15-35-24(32)14-8-18-7-13-22(30)23(31)17-18/h2-14,17,30-31H,15-16H2,1H3/b14-8+. The maximum absolute atomic E-state index is 12.0. The molecular formula is C26H23N3O6S2. The summed E-state index contributed by atoms with van der Waals surface area (Å²) in [4.78, 5) is 16.8. The summed E-state index contributed by atoms with van der Waals surface area (Å²) in [5.41, 5.74) is 2.03. The van der Waals surface area contributed by atoms with E-state index in [9.17, 15) is 23.4 Å². The molecule has 0 amide bonds. The van der Waals surface area contributed by atoms with E-state index in [0.717, 1.165) is 11.9 Å². The summed E-state index contributed by atoms with van der Waals surface area (Å²) in [6.07, 6.45) is 3.86. The van der Waals surface area contributed by atoms with E-state index in [1.807, 2.05) is 30.3 Å². The number of ether oxygens (including phenoxy) is 1. The lowest BCUT2D eigenvalue weighted by atomic mass is 10.2. The number of aromatic nitrogens is 3. The van der Waals surface area contributed by atoms with E-state index in [4.69, 9.17) is 4.74 Å². The van der Waals surface area contributed by atoms with Gasteiger partial charge in [-0.3, -0.25) is 0 Å². The summed E-state index contributed by atoms with van der Waals surface area (Å²) >= 11 is 1.31. The number of hydrogen-bond acceptors (Lipinski definition) is 9. The van der Waals surface area contributed by atoms with Crippen LogP contribution in [0.5, 0.6) is 11.5 Å². The molecule has 4 rings (SSSR count). The van der Waals surface area contributed by atoms with Gasteiger partial charge in [-0.1, -0.05) is 36.0 Å². The number of phenols is 2. The molecule has 0 radical (unpaired) electrons. The molecule has 0 spiro atoms. The minimum absolute atomic E-state index is 0.118. The summed E-state index contributed by atoms with van der Waals surface area (Å²) in [6.45, 7) is 0.118. The summed E-state index contributed by atoms with van der Waals surface area (Å²) in [6, 6.07) is 20.1. The van der Waals surface area contributed by atoms with Gasteiger partial charge in [0, 0.05) is 23.6 Å². The number of para-hydroxylation sites is 1. The number of carbonyl (C=O) groups excluding carboxylic acids is 1. The molecular weight excluding hydrogens is 514 g/mol. The molecule has 190 valence electrons. The highest BCUT2D eigenvalue weighted by molar-refractivity contribution is 7.99. The van der Waals surface area contributed by atoms with Crippen molar-refractivity contribution >= 4 is 33.6 Å². The quantitative estimate of drug-likeness (QED) is 0.106. The van der Waals surface area contributed by atoms with Gasteiger partial charge in [-0.05, 0) is 60.2 Å². The van der Waals surface area contributed by atoms with Crippen molar-refractivity contribution in [2.24, 2.45) is 0 Å². The lowest BCUT2D eigenvalue weighted by Crippen LogP contribution is -2.04. The number of esters is 1. The fourth-order valence-electron chi connectivity index (χ4n) is 3.27. The highest BCUT2D eigenvalue weighted by atomic mass is 32.2. The minimum Gasteiger partial charge on any atom is -0.504 e. The van der Waals surface area contributed by atoms with Crippen LogP contribution in [0.1, 0.15) is 5.56 Å². The number of benzene rings is 3. The normalized spacial score (nSPS) is 11.6. The van der Waals surface area contributed by atoms with Crippen LogP contribution in [-0.4, -0.2) is 58.0 Å². The zero-order valence-electron chi connectivity index (χ0n) is 19.7. The van der Waals surface area contributed by atoms with E-state index in [1.54, 1.807) is 22.9 Å². The topological polar surface area (TPSA) is 132 Å². The van der Waals surface area contributed by atoms with Gasteiger partial charge in [0.15, 0.2) is 27.2 Å². The van der Waals surface area contributed by atoms with Crippen LogP contribution in [0.3, 0.4) is 0 Å². The Morgan fingerprint density at radius 2 is 1.76 bits per heavy atom. The molecule has 2 N–H and O–H groups in total. The van der Waals surface area contributed by atoms with Crippen LogP contribution in [0.15, 0.2) is 88.9 Å². The number of rotatable bonds is 9. The Hall–Kier alpha value is -4.09. The molecule has 0 fully saturated rings. The first-order chi connectivity index (χ1) is 17.7. The van der Waals surface area contributed by atoms with Gasteiger partial charge in [-0.15, -0.1) is 5.10 Å². The molecule has 3 aromatic carbocycles. The molecule has 37 heavy (non-hydrogen) atoms. The Balaban J connectivity index is 1.42. The maximum atomic E-state index is 12.0. The Kier molecular flexibility index (Phi) is 7.95. The predicted molar refractivity (Wildman–Crippen MR) is 140 cm³/mol. The Labute approximate surface area is 218 Å². The number of carbonyl (C=O) groups is 1. The first kappa shape index (κ1) is 26.0. The van der Waals surface area contributed by atoms with Crippen molar-refractivity contribution in [3.63, 3.8) is 0 Å². The van der Waals surface area contributed by atoms with Gasteiger partial charge in [0.25, 0.3) is 0 Å². The molecule has 4 aromatic rings. The summed E-state index contributed by atoms with van der Waals surface area (Å²) < 4.78 is 30.5. The highest BCUT2D eigenvalue weighted by Crippen LogP contribution is 2.27. The maximum Gasteiger partial charge on any atom is 0.330 e. The second kappa shape index (κ2) is 11.3. The van der Waals surface area contributed by atoms with Crippen LogP contribution in [0.25, 0.3) is 23.2 Å². The van der Waals surface area contributed by atoms with Gasteiger partial charge < -0.3 is 14.9 Å². The van der Waals surface area contributed by atoms with Gasteiger partial charge in [0.2, 0.25) is 5.16 Å². The summed E-state index contributed by atoms with van der Waals surface area (Å²) in [5, 5.41) is 23.9. The van der Waals surface area contributed by atoms with E-state index < -0.39 is 15.8 Å². The third-order valence-electron chi connectivity index (χ3n) is 5.10. The molecule has 0 saturated heterocycles. The zero-order valence-corrected chi connectivity index (χ0v) is 21.3. The SMILES string of the molecule is CS(=O)(=O)c1ccc(-c2nc(SCCOC(=O)/C=C/c3ccc(O)c(O)c3)nn2-c2ccccc2)cc1. The van der Waals surface area contributed by atoms with E-state index >= 15 is 0 Å². The van der Waals surface area contributed by atoms with Crippen molar-refractivity contribution in [3.8, 4) is 28.6 Å². The number of phenolic OH excluding ortho intramolecular Hbond substituents is 2. The van der Waals surface area contributed by atoms with Gasteiger partial charge in [-0.25, -0.2) is 22.9 Å². The molecule has 1 heterocycles. The van der Waals surface area contributed by atoms with Crippen LogP contribution in [0.4, 0.5) is 0 Å². The molecule has 0 aliphatic carbocycles. The van der Waals surface area contributed by atoms with Crippen LogP contribution >= 0.6 is 11.8 Å². The fraction of sp³-hybridized carbons (Fsp3) is 0.115. The van der Waals surface area contributed by atoms with E-state index in [0.29, 0.717) is 27.9 Å². The van der Waals surface area contributed by atoms with Crippen LogP contribution < -0.4 is 0 Å². The zero-order chi connectivity index (χ0) is 26.4. The predicted octanol–water partition coefficient (Wildman–Crippen LogP) is 4.10. The lowest BCUT2D eigenvalue weighted by molar-refractivity contribution is -0.137. The third-order valence-corrected chi connectivity index (χ3v) is 7.03. The van der Waals surface area contributed by atoms with Gasteiger partial charge in [-0.2, -0.15) is 0 Å². The van der Waals surface area contributed by atoms with Crippen molar-refractivity contribution < 1.29 is 28.2 Å². The molecule has 0 aliphatic rings. The van der Waals surface area contributed by atoms with Crippen molar-refractivity contribution in [1.29, 1.82) is 0 Å². The van der Waals surface area contributed by atoms with Crippen molar-refractivity contribution in [2.45, 2.75) is 10.1 Å². The van der Waals surface area contributed by atoms with Crippen LogP contribution in [0.2, 0.25) is 0 Å². The first-order valence-electron chi connectivity index (χ1n) is 11.0. The highest BCUT2D eigenvalue weighted by Gasteiger charge is 2.15.